The molecule has 1 N–H and O–H groups in total. The molecule has 1 aromatic carbocycles. The Labute approximate surface area is 219 Å². The van der Waals surface area contributed by atoms with Crippen LogP contribution in [-0.2, 0) is 20.5 Å². The Hall–Kier alpha value is -3.15. The largest absolute Gasteiger partial charge is 0.343 e. The summed E-state index contributed by atoms with van der Waals surface area (Å²) in [6.45, 7) is 10.4. The maximum absolute atomic E-state index is 13.5. The molecule has 4 saturated carbocycles. The number of rotatable bonds is 3. The molecule has 4 aliphatic carbocycles. The van der Waals surface area contributed by atoms with Crippen LogP contribution in [-0.4, -0.2) is 22.4 Å². The van der Waals surface area contributed by atoms with Crippen LogP contribution in [0.2, 0.25) is 0 Å². The average Bonchev–Trinajstić information content (AvgIpc) is 3.09. The summed E-state index contributed by atoms with van der Waals surface area (Å²) >= 11 is 0. The van der Waals surface area contributed by atoms with Crippen molar-refractivity contribution in [2.24, 2.45) is 17.8 Å². The minimum Gasteiger partial charge on any atom is -0.343 e. The van der Waals surface area contributed by atoms with Crippen LogP contribution in [0.1, 0.15) is 81.8 Å². The summed E-state index contributed by atoms with van der Waals surface area (Å²) in [5.74, 6) is 1.30. The Morgan fingerprint density at radius 2 is 1.49 bits per heavy atom. The second kappa shape index (κ2) is 8.17. The summed E-state index contributed by atoms with van der Waals surface area (Å²) in [4.78, 5) is 40.2. The van der Waals surface area contributed by atoms with Crippen LogP contribution in [0.25, 0.3) is 6.08 Å². The van der Waals surface area contributed by atoms with Gasteiger partial charge < -0.3 is 4.57 Å². The summed E-state index contributed by atoms with van der Waals surface area (Å²) in [6.07, 6.45) is 9.57. The number of carbonyl (C=O) groups excluding carboxylic acids is 3. The lowest BCUT2D eigenvalue weighted by molar-refractivity contribution is -0.122. The van der Waals surface area contributed by atoms with E-state index in [4.69, 9.17) is 0 Å². The van der Waals surface area contributed by atoms with E-state index in [1.165, 1.54) is 44.1 Å². The second-order valence-electron chi connectivity index (χ2n) is 13.0. The molecular weight excluding hydrogens is 462 g/mol. The zero-order valence-electron chi connectivity index (χ0n) is 22.6. The Morgan fingerprint density at radius 3 is 2.00 bits per heavy atom. The first-order valence-corrected chi connectivity index (χ1v) is 13.7. The molecule has 4 amide bonds. The van der Waals surface area contributed by atoms with Gasteiger partial charge in [0.1, 0.15) is 5.57 Å². The molecule has 1 aliphatic heterocycles. The molecule has 7 rings (SSSR count). The number of barbiturate groups is 1. The first kappa shape index (κ1) is 24.2. The molecule has 5 aliphatic rings. The molecule has 2 heterocycles. The van der Waals surface area contributed by atoms with E-state index in [-0.39, 0.29) is 16.5 Å². The molecule has 37 heavy (non-hydrogen) atoms. The fourth-order valence-electron chi connectivity index (χ4n) is 8.44. The molecule has 5 fully saturated rings. The van der Waals surface area contributed by atoms with Crippen LogP contribution in [0.15, 0.2) is 35.9 Å². The number of anilines is 1. The molecule has 0 unspecified atom stereocenters. The highest BCUT2D eigenvalue weighted by Gasteiger charge is 2.51. The number of hydrogen-bond acceptors (Lipinski definition) is 3. The number of amides is 4. The Kier molecular flexibility index (Phi) is 5.35. The lowest BCUT2D eigenvalue weighted by Gasteiger charge is -2.57. The third-order valence-corrected chi connectivity index (χ3v) is 9.32. The number of nitrogens with zero attached hydrogens (tertiary/aromatic N) is 2. The van der Waals surface area contributed by atoms with E-state index >= 15 is 0 Å². The maximum atomic E-state index is 13.5. The van der Waals surface area contributed by atoms with E-state index in [0.29, 0.717) is 5.69 Å². The van der Waals surface area contributed by atoms with Crippen molar-refractivity contribution < 1.29 is 14.4 Å². The summed E-state index contributed by atoms with van der Waals surface area (Å²) in [5.41, 5.74) is 4.74. The van der Waals surface area contributed by atoms with Crippen LogP contribution in [0.5, 0.6) is 0 Å². The van der Waals surface area contributed by atoms with Gasteiger partial charge in [-0.15, -0.1) is 0 Å². The van der Waals surface area contributed by atoms with Gasteiger partial charge >= 0.3 is 6.03 Å². The number of hydrogen-bond donors (Lipinski definition) is 1. The first-order valence-electron chi connectivity index (χ1n) is 13.7. The topological polar surface area (TPSA) is 71.4 Å². The van der Waals surface area contributed by atoms with Gasteiger partial charge in [0.2, 0.25) is 0 Å². The van der Waals surface area contributed by atoms with Crippen molar-refractivity contribution in [3.8, 4) is 0 Å². The van der Waals surface area contributed by atoms with Gasteiger partial charge in [-0.2, -0.15) is 0 Å². The van der Waals surface area contributed by atoms with Crippen molar-refractivity contribution in [2.75, 3.05) is 4.90 Å². The second-order valence-corrected chi connectivity index (χ2v) is 13.0. The third-order valence-electron chi connectivity index (χ3n) is 9.32. The van der Waals surface area contributed by atoms with Crippen molar-refractivity contribution in [1.29, 1.82) is 0 Å². The Balaban J connectivity index is 1.30. The standard InChI is InChI=1S/C31H37N3O3/c1-18-10-23(19(2)34(18)30(3,4)5)14-26-27(35)32-29(37)33(28(26)36)25-8-6-24(7-9-25)31-15-20-11-21(16-31)13-22(12-20)17-31/h6-10,14,20-22H,11-13,15-17H2,1-5H3,(H,32,35,37)/b26-14+. The van der Waals surface area contributed by atoms with Crippen molar-refractivity contribution in [2.45, 2.75) is 84.1 Å². The van der Waals surface area contributed by atoms with Crippen LogP contribution in [0.4, 0.5) is 10.5 Å². The summed E-state index contributed by atoms with van der Waals surface area (Å²) in [7, 11) is 0. The number of aromatic nitrogens is 1. The molecule has 1 saturated heterocycles. The van der Waals surface area contributed by atoms with Crippen LogP contribution >= 0.6 is 0 Å². The molecule has 0 atom stereocenters. The number of benzene rings is 1. The smallest absolute Gasteiger partial charge is 0.335 e. The van der Waals surface area contributed by atoms with Gasteiger partial charge in [-0.25, -0.2) is 9.69 Å². The Bertz CT molecular complexity index is 1300. The molecule has 194 valence electrons. The minimum atomic E-state index is -0.699. The Morgan fingerprint density at radius 1 is 0.919 bits per heavy atom. The fraction of sp³-hybridized carbons (Fsp3) is 0.516. The van der Waals surface area contributed by atoms with Gasteiger partial charge in [-0.1, -0.05) is 12.1 Å². The highest BCUT2D eigenvalue weighted by molar-refractivity contribution is 6.39. The summed E-state index contributed by atoms with van der Waals surface area (Å²) < 4.78 is 2.19. The molecule has 6 nitrogen and oxygen atoms in total. The molecule has 6 heteroatoms. The third kappa shape index (κ3) is 3.87. The monoisotopic (exact) mass is 499 g/mol. The molecule has 0 spiro atoms. The number of nitrogens with one attached hydrogen (secondary N) is 1. The van der Waals surface area contributed by atoms with Gasteiger partial charge in [0.25, 0.3) is 11.8 Å². The van der Waals surface area contributed by atoms with Crippen LogP contribution < -0.4 is 10.2 Å². The van der Waals surface area contributed by atoms with Crippen molar-refractivity contribution in [3.05, 3.63) is 58.4 Å². The van der Waals surface area contributed by atoms with Crippen LogP contribution in [0.3, 0.4) is 0 Å². The highest BCUT2D eigenvalue weighted by Crippen LogP contribution is 2.60. The van der Waals surface area contributed by atoms with Gasteiger partial charge in [-0.3, -0.25) is 14.9 Å². The normalized spacial score (nSPS) is 30.4. The quantitative estimate of drug-likeness (QED) is 0.416. The van der Waals surface area contributed by atoms with E-state index in [1.54, 1.807) is 6.08 Å². The van der Waals surface area contributed by atoms with Gasteiger partial charge in [-0.05, 0) is 132 Å². The van der Waals surface area contributed by atoms with E-state index in [9.17, 15) is 14.4 Å². The van der Waals surface area contributed by atoms with E-state index < -0.39 is 17.8 Å². The van der Waals surface area contributed by atoms with Gasteiger partial charge in [0.05, 0.1) is 5.69 Å². The van der Waals surface area contributed by atoms with Crippen LogP contribution in [0, 0.1) is 31.6 Å². The molecule has 2 aromatic rings. The fourth-order valence-corrected chi connectivity index (χ4v) is 8.44. The van der Waals surface area contributed by atoms with Crippen molar-refractivity contribution >= 4 is 29.6 Å². The van der Waals surface area contributed by atoms with Gasteiger partial charge in [0, 0.05) is 16.9 Å². The SMILES string of the molecule is Cc1cc(/C=C2\C(=O)NC(=O)N(c3ccc(C45CC6CC(CC(C6)C4)C5)cc3)C2=O)c(C)n1C(C)(C)C. The number of imide groups is 2. The van der Waals surface area contributed by atoms with E-state index in [1.807, 2.05) is 32.0 Å². The molecule has 0 radical (unpaired) electrons. The average molecular weight is 500 g/mol. The lowest BCUT2D eigenvalue weighted by Crippen LogP contribution is -2.54. The zero-order chi connectivity index (χ0) is 26.3. The van der Waals surface area contributed by atoms with Crippen molar-refractivity contribution in [3.63, 3.8) is 0 Å². The summed E-state index contributed by atoms with van der Waals surface area (Å²) in [6, 6.07) is 9.26. The summed E-state index contributed by atoms with van der Waals surface area (Å²) in [5, 5.41) is 2.38. The van der Waals surface area contributed by atoms with E-state index in [2.05, 4.69) is 42.8 Å². The number of carbonyl (C=O) groups is 3. The minimum absolute atomic E-state index is 0.0288. The number of urea groups is 1. The molecular formula is C31H37N3O3. The van der Waals surface area contributed by atoms with E-state index in [0.717, 1.165) is 39.6 Å². The van der Waals surface area contributed by atoms with Crippen molar-refractivity contribution in [1.82, 2.24) is 9.88 Å². The predicted octanol–water partition coefficient (Wildman–Crippen LogP) is 5.99. The molecule has 4 bridgehead atoms. The zero-order valence-corrected chi connectivity index (χ0v) is 22.6. The number of aryl methyl sites for hydroxylation is 1. The lowest BCUT2D eigenvalue weighted by atomic mass is 9.48. The first-order chi connectivity index (χ1) is 17.4. The predicted molar refractivity (Wildman–Crippen MR) is 144 cm³/mol. The molecule has 1 aromatic heterocycles. The maximum Gasteiger partial charge on any atom is 0.335 e. The highest BCUT2D eigenvalue weighted by atomic mass is 16.2. The van der Waals surface area contributed by atoms with Gasteiger partial charge in [0.15, 0.2) is 0 Å².